The van der Waals surface area contributed by atoms with Crippen LogP contribution in [0.4, 0.5) is 11.5 Å². The molecule has 0 saturated heterocycles. The van der Waals surface area contributed by atoms with Gasteiger partial charge in [0, 0.05) is 12.6 Å². The zero-order valence-electron chi connectivity index (χ0n) is 11.9. The molecule has 0 amide bonds. The van der Waals surface area contributed by atoms with E-state index in [0.717, 1.165) is 19.4 Å². The minimum atomic E-state index is -0.417. The first kappa shape index (κ1) is 15.0. The number of hydrogen-bond donors (Lipinski definition) is 0. The molecule has 0 bridgehead atoms. The number of anilines is 1. The van der Waals surface area contributed by atoms with Gasteiger partial charge in [0.2, 0.25) is 0 Å². The van der Waals surface area contributed by atoms with Gasteiger partial charge in [-0.25, -0.2) is 4.98 Å². The lowest BCUT2D eigenvalue weighted by molar-refractivity contribution is -0.384. The molecule has 1 saturated carbocycles. The first-order valence-electron chi connectivity index (χ1n) is 7.06. The number of rotatable bonds is 5. The molecule has 0 N–H and O–H groups in total. The second-order valence-electron chi connectivity index (χ2n) is 5.75. The van der Waals surface area contributed by atoms with E-state index in [1.807, 2.05) is 0 Å². The summed E-state index contributed by atoms with van der Waals surface area (Å²) in [6.07, 6.45) is 4.66. The fourth-order valence-corrected chi connectivity index (χ4v) is 2.96. The lowest BCUT2D eigenvalue weighted by Gasteiger charge is -2.31. The van der Waals surface area contributed by atoms with Crippen LogP contribution in [0.3, 0.4) is 0 Å². The SMILES string of the molecule is CC(C)CN(c1cc([N+](=O)[O-])cc(Cl)n1)C1CCCC1. The summed E-state index contributed by atoms with van der Waals surface area (Å²) >= 11 is 5.94. The molecule has 2 rings (SSSR count). The Bertz CT molecular complexity index is 487. The second-order valence-corrected chi connectivity index (χ2v) is 6.14. The molecule has 0 unspecified atom stereocenters. The summed E-state index contributed by atoms with van der Waals surface area (Å²) in [6.45, 7) is 5.12. The van der Waals surface area contributed by atoms with Gasteiger partial charge in [0.05, 0.1) is 17.1 Å². The fourth-order valence-electron chi connectivity index (χ4n) is 2.76. The van der Waals surface area contributed by atoms with Gasteiger partial charge < -0.3 is 4.90 Å². The van der Waals surface area contributed by atoms with Crippen molar-refractivity contribution in [3.63, 3.8) is 0 Å². The molecule has 0 spiro atoms. The molecule has 1 aromatic rings. The zero-order valence-corrected chi connectivity index (χ0v) is 12.6. The lowest BCUT2D eigenvalue weighted by Crippen LogP contribution is -2.37. The Hall–Kier alpha value is -1.36. The molecule has 1 aliphatic rings. The maximum Gasteiger partial charge on any atom is 0.276 e. The number of halogens is 1. The molecule has 1 fully saturated rings. The molecular formula is C14H20ClN3O2. The van der Waals surface area contributed by atoms with Crippen LogP contribution in [-0.2, 0) is 0 Å². The second kappa shape index (κ2) is 6.39. The number of aromatic nitrogens is 1. The smallest absolute Gasteiger partial charge is 0.276 e. The van der Waals surface area contributed by atoms with E-state index in [2.05, 4.69) is 23.7 Å². The Morgan fingerprint density at radius 2 is 2.10 bits per heavy atom. The Morgan fingerprint density at radius 3 is 2.65 bits per heavy atom. The van der Waals surface area contributed by atoms with E-state index in [0.29, 0.717) is 17.8 Å². The van der Waals surface area contributed by atoms with E-state index in [9.17, 15) is 10.1 Å². The highest BCUT2D eigenvalue weighted by Gasteiger charge is 2.26. The molecule has 1 aromatic heterocycles. The van der Waals surface area contributed by atoms with Crippen LogP contribution in [0.5, 0.6) is 0 Å². The van der Waals surface area contributed by atoms with E-state index in [4.69, 9.17) is 11.6 Å². The van der Waals surface area contributed by atoms with Crippen molar-refractivity contribution in [2.45, 2.75) is 45.6 Å². The first-order chi connectivity index (χ1) is 9.47. The average molecular weight is 298 g/mol. The minimum Gasteiger partial charge on any atom is -0.353 e. The van der Waals surface area contributed by atoms with Gasteiger partial charge in [-0.05, 0) is 18.8 Å². The zero-order chi connectivity index (χ0) is 14.7. The van der Waals surface area contributed by atoms with E-state index < -0.39 is 4.92 Å². The minimum absolute atomic E-state index is 0.00625. The van der Waals surface area contributed by atoms with Gasteiger partial charge in [0.25, 0.3) is 5.69 Å². The number of hydrogen-bond acceptors (Lipinski definition) is 4. The highest BCUT2D eigenvalue weighted by atomic mass is 35.5. The monoisotopic (exact) mass is 297 g/mol. The molecule has 0 aromatic carbocycles. The third-order valence-corrected chi connectivity index (χ3v) is 3.79. The predicted molar refractivity (Wildman–Crippen MR) is 80.3 cm³/mol. The molecule has 110 valence electrons. The molecular weight excluding hydrogens is 278 g/mol. The van der Waals surface area contributed by atoms with E-state index in [1.165, 1.54) is 25.0 Å². The van der Waals surface area contributed by atoms with Gasteiger partial charge in [0.15, 0.2) is 0 Å². The van der Waals surface area contributed by atoms with Crippen molar-refractivity contribution in [1.82, 2.24) is 4.98 Å². The fraction of sp³-hybridized carbons (Fsp3) is 0.643. The third-order valence-electron chi connectivity index (χ3n) is 3.60. The van der Waals surface area contributed by atoms with Gasteiger partial charge in [-0.2, -0.15) is 0 Å². The Labute approximate surface area is 124 Å². The van der Waals surface area contributed by atoms with Gasteiger partial charge >= 0.3 is 0 Å². The van der Waals surface area contributed by atoms with Crippen LogP contribution < -0.4 is 4.90 Å². The molecule has 20 heavy (non-hydrogen) atoms. The van der Waals surface area contributed by atoms with Gasteiger partial charge in [-0.15, -0.1) is 0 Å². The van der Waals surface area contributed by atoms with Gasteiger partial charge in [-0.1, -0.05) is 38.3 Å². The van der Waals surface area contributed by atoms with E-state index in [-0.39, 0.29) is 10.8 Å². The van der Waals surface area contributed by atoms with Crippen LogP contribution in [0, 0.1) is 16.0 Å². The average Bonchev–Trinajstić information content (AvgIpc) is 2.88. The van der Waals surface area contributed by atoms with Crippen LogP contribution in [0.15, 0.2) is 12.1 Å². The van der Waals surface area contributed by atoms with E-state index >= 15 is 0 Å². The first-order valence-corrected chi connectivity index (χ1v) is 7.44. The Morgan fingerprint density at radius 1 is 1.45 bits per heavy atom. The van der Waals surface area contributed by atoms with E-state index in [1.54, 1.807) is 0 Å². The molecule has 1 heterocycles. The summed E-state index contributed by atoms with van der Waals surface area (Å²) in [5, 5.41) is 11.2. The highest BCUT2D eigenvalue weighted by Crippen LogP contribution is 2.31. The summed E-state index contributed by atoms with van der Waals surface area (Å²) < 4.78 is 0. The molecule has 5 nitrogen and oxygen atoms in total. The summed E-state index contributed by atoms with van der Waals surface area (Å²) in [5.41, 5.74) is 0.00625. The van der Waals surface area contributed by atoms with Crippen molar-refractivity contribution >= 4 is 23.1 Å². The predicted octanol–water partition coefficient (Wildman–Crippen LogP) is 4.05. The lowest BCUT2D eigenvalue weighted by atomic mass is 10.1. The Balaban J connectivity index is 2.34. The highest BCUT2D eigenvalue weighted by molar-refractivity contribution is 6.29. The van der Waals surface area contributed by atoms with Crippen LogP contribution in [0.2, 0.25) is 5.15 Å². The van der Waals surface area contributed by atoms with Crippen LogP contribution in [0.1, 0.15) is 39.5 Å². The van der Waals surface area contributed by atoms with Crippen LogP contribution >= 0.6 is 11.6 Å². The van der Waals surface area contributed by atoms with Crippen molar-refractivity contribution < 1.29 is 4.92 Å². The standard InChI is InChI=1S/C14H20ClN3O2/c1-10(2)9-17(11-5-3-4-6-11)14-8-12(18(19)20)7-13(15)16-14/h7-8,10-11H,3-6,9H2,1-2H3. The van der Waals surface area contributed by atoms with Crippen molar-refractivity contribution in [2.24, 2.45) is 5.92 Å². The normalized spacial score (nSPS) is 15.8. The number of nitrogens with zero attached hydrogens (tertiary/aromatic N) is 3. The molecule has 6 heteroatoms. The third kappa shape index (κ3) is 3.60. The van der Waals surface area contributed by atoms with Gasteiger partial charge in [-0.3, -0.25) is 10.1 Å². The van der Waals surface area contributed by atoms with Crippen molar-refractivity contribution in [2.75, 3.05) is 11.4 Å². The maximum absolute atomic E-state index is 11.0. The van der Waals surface area contributed by atoms with Gasteiger partial charge in [0.1, 0.15) is 11.0 Å². The van der Waals surface area contributed by atoms with Crippen LogP contribution in [-0.4, -0.2) is 22.5 Å². The topological polar surface area (TPSA) is 59.3 Å². The molecule has 0 aliphatic heterocycles. The summed E-state index contributed by atoms with van der Waals surface area (Å²) in [7, 11) is 0. The Kier molecular flexibility index (Phi) is 4.81. The summed E-state index contributed by atoms with van der Waals surface area (Å²) in [5.74, 6) is 1.10. The number of nitro groups is 1. The number of pyridine rings is 1. The largest absolute Gasteiger partial charge is 0.353 e. The van der Waals surface area contributed by atoms with Crippen LogP contribution in [0.25, 0.3) is 0 Å². The molecule has 0 radical (unpaired) electrons. The summed E-state index contributed by atoms with van der Waals surface area (Å²) in [4.78, 5) is 17.0. The van der Waals surface area contributed by atoms with Crippen molar-refractivity contribution in [3.8, 4) is 0 Å². The van der Waals surface area contributed by atoms with Crippen molar-refractivity contribution in [3.05, 3.63) is 27.4 Å². The quantitative estimate of drug-likeness (QED) is 0.467. The molecule has 0 atom stereocenters. The van der Waals surface area contributed by atoms with Crippen molar-refractivity contribution in [1.29, 1.82) is 0 Å². The molecule has 1 aliphatic carbocycles. The summed E-state index contributed by atoms with van der Waals surface area (Å²) in [6, 6.07) is 3.25. The maximum atomic E-state index is 11.0.